The minimum atomic E-state index is -1.09. The van der Waals surface area contributed by atoms with Crippen LogP contribution in [0.25, 0.3) is 0 Å². The van der Waals surface area contributed by atoms with E-state index in [-0.39, 0.29) is 11.9 Å². The van der Waals surface area contributed by atoms with Crippen molar-refractivity contribution in [1.29, 1.82) is 0 Å². The number of hydrogen-bond acceptors (Lipinski definition) is 6. The number of aromatic nitrogens is 1. The molecule has 2 unspecified atom stereocenters. The van der Waals surface area contributed by atoms with Gasteiger partial charge in [-0.2, -0.15) is 0 Å². The first-order chi connectivity index (χ1) is 16.0. The molecule has 2 fully saturated rings. The number of morpholine rings is 1. The second-order valence-electron chi connectivity index (χ2n) is 8.73. The monoisotopic (exact) mass is 452 g/mol. The Balaban J connectivity index is 1.60. The predicted octanol–water partition coefficient (Wildman–Crippen LogP) is 0.735. The van der Waals surface area contributed by atoms with Crippen LogP contribution in [0.15, 0.2) is 48.8 Å². The van der Waals surface area contributed by atoms with E-state index in [0.717, 1.165) is 18.7 Å². The molecular weight excluding hydrogens is 422 g/mol. The van der Waals surface area contributed by atoms with Crippen LogP contribution in [0.5, 0.6) is 5.75 Å². The summed E-state index contributed by atoms with van der Waals surface area (Å²) in [4.78, 5) is 46.6. The van der Waals surface area contributed by atoms with Crippen LogP contribution in [0.1, 0.15) is 35.8 Å². The van der Waals surface area contributed by atoms with E-state index in [9.17, 15) is 14.4 Å². The van der Waals surface area contributed by atoms with Crippen LogP contribution in [-0.4, -0.2) is 72.9 Å². The fourth-order valence-electron chi connectivity index (χ4n) is 4.50. The summed E-state index contributed by atoms with van der Waals surface area (Å²) in [6, 6.07) is 9.64. The molecule has 1 amide bonds. The summed E-state index contributed by atoms with van der Waals surface area (Å²) >= 11 is 0. The van der Waals surface area contributed by atoms with Crippen molar-refractivity contribution >= 4 is 17.5 Å². The van der Waals surface area contributed by atoms with Crippen LogP contribution < -0.4 is 9.64 Å². The van der Waals surface area contributed by atoms with E-state index in [1.807, 2.05) is 13.8 Å². The zero-order valence-corrected chi connectivity index (χ0v) is 19.0. The maximum absolute atomic E-state index is 13.5. The fourth-order valence-corrected chi connectivity index (χ4v) is 4.50. The smallest absolute Gasteiger partial charge is 0.291 e. The van der Waals surface area contributed by atoms with Crippen molar-refractivity contribution < 1.29 is 28.8 Å². The molecule has 1 aromatic heterocycles. The number of nitrogens with zero attached hydrogens (tertiary/aromatic N) is 2. The highest BCUT2D eigenvalue weighted by molar-refractivity contribution is 6.44. The highest BCUT2D eigenvalue weighted by Crippen LogP contribution is 2.37. The van der Waals surface area contributed by atoms with Crippen molar-refractivity contribution in [2.45, 2.75) is 26.0 Å². The molecule has 1 N–H and O–H groups in total. The quantitative estimate of drug-likeness (QED) is 0.361. The van der Waals surface area contributed by atoms with E-state index >= 15 is 0 Å². The first kappa shape index (κ1) is 23.1. The molecule has 0 bridgehead atoms. The SMILES string of the molecule is CC(C)Oc1ccc(C(=O)C2C(=O)C(=O)N(CC[NH+]3CCOCC3)C2c2ccncc2)cc1. The van der Waals surface area contributed by atoms with Gasteiger partial charge in [0.25, 0.3) is 5.91 Å². The lowest BCUT2D eigenvalue weighted by molar-refractivity contribution is -0.907. The van der Waals surface area contributed by atoms with Crippen molar-refractivity contribution in [3.63, 3.8) is 0 Å². The van der Waals surface area contributed by atoms with Crippen LogP contribution in [0.4, 0.5) is 0 Å². The first-order valence-electron chi connectivity index (χ1n) is 11.4. The number of nitrogens with one attached hydrogen (secondary N) is 1. The topological polar surface area (TPSA) is 90.2 Å². The van der Waals surface area contributed by atoms with Gasteiger partial charge in [-0.3, -0.25) is 19.4 Å². The van der Waals surface area contributed by atoms with Crippen LogP contribution in [0.3, 0.4) is 0 Å². The molecule has 2 aliphatic heterocycles. The van der Waals surface area contributed by atoms with Crippen molar-refractivity contribution in [3.8, 4) is 5.75 Å². The molecule has 0 radical (unpaired) electrons. The molecule has 0 saturated carbocycles. The summed E-state index contributed by atoms with van der Waals surface area (Å²) in [7, 11) is 0. The summed E-state index contributed by atoms with van der Waals surface area (Å²) in [5.74, 6) is -2.04. The molecular formula is C25H30N3O5+. The lowest BCUT2D eigenvalue weighted by Gasteiger charge is -2.30. The van der Waals surface area contributed by atoms with Crippen LogP contribution in [0.2, 0.25) is 0 Å². The number of Topliss-reactive ketones (excluding diaryl/α,β-unsaturated/α-hetero) is 2. The fraction of sp³-hybridized carbons (Fsp3) is 0.440. The lowest BCUT2D eigenvalue weighted by atomic mass is 9.86. The second kappa shape index (κ2) is 10.2. The summed E-state index contributed by atoms with van der Waals surface area (Å²) < 4.78 is 11.1. The second-order valence-corrected chi connectivity index (χ2v) is 8.73. The summed E-state index contributed by atoms with van der Waals surface area (Å²) in [5, 5.41) is 0. The van der Waals surface area contributed by atoms with E-state index in [1.165, 1.54) is 4.90 Å². The molecule has 2 aromatic rings. The molecule has 2 aliphatic rings. The third-order valence-electron chi connectivity index (χ3n) is 6.15. The van der Waals surface area contributed by atoms with E-state index < -0.39 is 23.7 Å². The number of rotatable bonds is 8. The van der Waals surface area contributed by atoms with Gasteiger partial charge in [-0.15, -0.1) is 0 Å². The van der Waals surface area contributed by atoms with Gasteiger partial charge >= 0.3 is 0 Å². The van der Waals surface area contributed by atoms with E-state index in [0.29, 0.717) is 37.6 Å². The van der Waals surface area contributed by atoms with Gasteiger partial charge in [0, 0.05) is 18.0 Å². The number of carbonyl (C=O) groups excluding carboxylic acids is 3. The Hall–Kier alpha value is -3.10. The largest absolute Gasteiger partial charge is 0.491 e. The van der Waals surface area contributed by atoms with Crippen molar-refractivity contribution in [2.75, 3.05) is 39.4 Å². The number of ether oxygens (including phenoxy) is 2. The Kier molecular flexibility index (Phi) is 7.15. The molecule has 0 aliphatic carbocycles. The zero-order valence-electron chi connectivity index (χ0n) is 19.0. The van der Waals surface area contributed by atoms with Crippen LogP contribution >= 0.6 is 0 Å². The average Bonchev–Trinajstić information content (AvgIpc) is 3.08. The Morgan fingerprint density at radius 3 is 2.42 bits per heavy atom. The van der Waals surface area contributed by atoms with Crippen molar-refractivity contribution in [3.05, 3.63) is 59.9 Å². The molecule has 3 heterocycles. The molecule has 8 nitrogen and oxygen atoms in total. The van der Waals surface area contributed by atoms with Crippen LogP contribution in [-0.2, 0) is 14.3 Å². The summed E-state index contributed by atoms with van der Waals surface area (Å²) in [6.45, 7) is 8.06. The average molecular weight is 453 g/mol. The number of pyridine rings is 1. The zero-order chi connectivity index (χ0) is 23.4. The summed E-state index contributed by atoms with van der Waals surface area (Å²) in [6.07, 6.45) is 3.25. The van der Waals surface area contributed by atoms with Crippen molar-refractivity contribution in [1.82, 2.24) is 9.88 Å². The summed E-state index contributed by atoms with van der Waals surface area (Å²) in [5.41, 5.74) is 1.12. The highest BCUT2D eigenvalue weighted by atomic mass is 16.5. The third kappa shape index (κ3) is 5.12. The standard InChI is InChI=1S/C25H29N3O5/c1-17(2)33-20-5-3-19(4-6-20)23(29)21-22(18-7-9-26-10-8-18)28(25(31)24(21)30)12-11-27-13-15-32-16-14-27/h3-10,17,21-22H,11-16H2,1-2H3/p+1. The van der Waals surface area contributed by atoms with Gasteiger partial charge in [0.2, 0.25) is 5.78 Å². The van der Waals surface area contributed by atoms with E-state index in [2.05, 4.69) is 4.98 Å². The van der Waals surface area contributed by atoms with E-state index in [1.54, 1.807) is 53.7 Å². The van der Waals surface area contributed by atoms with Gasteiger partial charge in [-0.25, -0.2) is 0 Å². The molecule has 2 atom stereocenters. The number of likely N-dealkylation sites (tertiary alicyclic amines) is 1. The van der Waals surface area contributed by atoms with E-state index in [4.69, 9.17) is 9.47 Å². The maximum Gasteiger partial charge on any atom is 0.291 e. The minimum Gasteiger partial charge on any atom is -0.491 e. The first-order valence-corrected chi connectivity index (χ1v) is 11.4. The molecule has 174 valence electrons. The molecule has 0 spiro atoms. The Bertz CT molecular complexity index is 987. The van der Waals surface area contributed by atoms with Gasteiger partial charge in [-0.1, -0.05) is 0 Å². The van der Waals surface area contributed by atoms with Gasteiger partial charge in [0.05, 0.1) is 38.4 Å². The Labute approximate surface area is 193 Å². The number of carbonyl (C=O) groups is 3. The Morgan fingerprint density at radius 1 is 1.12 bits per heavy atom. The normalized spacial score (nSPS) is 21.6. The van der Waals surface area contributed by atoms with Gasteiger partial charge < -0.3 is 19.3 Å². The molecule has 4 rings (SSSR count). The minimum absolute atomic E-state index is 0.0128. The van der Waals surface area contributed by atoms with Gasteiger partial charge in [-0.05, 0) is 55.8 Å². The number of hydrogen-bond donors (Lipinski definition) is 1. The number of quaternary nitrogens is 1. The lowest BCUT2D eigenvalue weighted by Crippen LogP contribution is -3.14. The molecule has 8 heteroatoms. The molecule has 2 saturated heterocycles. The third-order valence-corrected chi connectivity index (χ3v) is 6.15. The maximum atomic E-state index is 13.5. The number of ketones is 2. The number of benzene rings is 1. The molecule has 1 aromatic carbocycles. The highest BCUT2D eigenvalue weighted by Gasteiger charge is 2.51. The van der Waals surface area contributed by atoms with Gasteiger partial charge in [0.1, 0.15) is 24.8 Å². The van der Waals surface area contributed by atoms with Crippen LogP contribution in [0, 0.1) is 5.92 Å². The number of amides is 1. The van der Waals surface area contributed by atoms with Gasteiger partial charge in [0.15, 0.2) is 5.78 Å². The molecule has 33 heavy (non-hydrogen) atoms. The predicted molar refractivity (Wildman–Crippen MR) is 120 cm³/mol. The Morgan fingerprint density at radius 2 is 1.79 bits per heavy atom. The van der Waals surface area contributed by atoms with Crippen molar-refractivity contribution in [2.24, 2.45) is 5.92 Å².